The maximum atomic E-state index is 13.3. The summed E-state index contributed by atoms with van der Waals surface area (Å²) < 4.78 is 56.1. The lowest BCUT2D eigenvalue weighted by Crippen LogP contribution is -2.37. The Morgan fingerprint density at radius 2 is 1.85 bits per heavy atom. The van der Waals surface area contributed by atoms with Crippen molar-refractivity contribution < 1.29 is 41.4 Å². The molecule has 3 aromatic rings. The summed E-state index contributed by atoms with van der Waals surface area (Å²) in [6.45, 7) is 1.39. The monoisotopic (exact) mass is 610 g/mol. The summed E-state index contributed by atoms with van der Waals surface area (Å²) in [5, 5.41) is 8.30. The molecule has 0 saturated carbocycles. The highest BCUT2D eigenvalue weighted by Crippen LogP contribution is 2.36. The van der Waals surface area contributed by atoms with Crippen molar-refractivity contribution in [3.63, 3.8) is 0 Å². The van der Waals surface area contributed by atoms with E-state index in [1.807, 2.05) is 0 Å². The van der Waals surface area contributed by atoms with E-state index in [0.29, 0.717) is 11.3 Å². The predicted octanol–water partition coefficient (Wildman–Crippen LogP) is 4.24. The Morgan fingerprint density at radius 1 is 1.05 bits per heavy atom. The first kappa shape index (κ1) is 29.2. The molecule has 39 heavy (non-hydrogen) atoms. The van der Waals surface area contributed by atoms with Gasteiger partial charge in [0.1, 0.15) is 5.76 Å². The molecule has 3 rings (SSSR count). The number of hydrazone groups is 1. The van der Waals surface area contributed by atoms with E-state index >= 15 is 0 Å². The molecule has 14 heteroatoms. The van der Waals surface area contributed by atoms with Crippen molar-refractivity contribution in [3.05, 3.63) is 76.2 Å². The van der Waals surface area contributed by atoms with Gasteiger partial charge >= 0.3 is 18.0 Å². The number of ether oxygens (including phenoxy) is 2. The van der Waals surface area contributed by atoms with Crippen LogP contribution in [0.15, 0.2) is 68.8 Å². The van der Waals surface area contributed by atoms with Crippen LogP contribution < -0.4 is 25.5 Å². The molecule has 1 aromatic heterocycles. The molecule has 0 bridgehead atoms. The molecule has 0 aliphatic heterocycles. The van der Waals surface area contributed by atoms with Gasteiger partial charge in [-0.25, -0.2) is 5.43 Å². The zero-order valence-corrected chi connectivity index (χ0v) is 21.9. The lowest BCUT2D eigenvalue weighted by atomic mass is 10.1. The van der Waals surface area contributed by atoms with Crippen molar-refractivity contribution >= 4 is 45.6 Å². The van der Waals surface area contributed by atoms with Crippen LogP contribution in [0.4, 0.5) is 18.9 Å². The second-order valence-electron chi connectivity index (χ2n) is 7.62. The molecule has 0 atom stereocenters. The van der Waals surface area contributed by atoms with Crippen molar-refractivity contribution in [1.29, 1.82) is 0 Å². The first-order valence-electron chi connectivity index (χ1n) is 11.3. The third-order valence-corrected chi connectivity index (χ3v) is 5.27. The molecule has 0 aliphatic rings. The molecule has 0 radical (unpaired) electrons. The van der Waals surface area contributed by atoms with Crippen LogP contribution in [-0.4, -0.2) is 37.1 Å². The number of rotatable bonds is 10. The zero-order chi connectivity index (χ0) is 28.4. The Labute approximate surface area is 228 Å². The average molecular weight is 611 g/mol. The molecule has 2 aromatic carbocycles. The van der Waals surface area contributed by atoms with Crippen LogP contribution in [0.5, 0.6) is 11.5 Å². The minimum atomic E-state index is -4.67. The molecule has 0 aliphatic carbocycles. The van der Waals surface area contributed by atoms with Crippen molar-refractivity contribution in [2.45, 2.75) is 19.6 Å². The van der Waals surface area contributed by atoms with Gasteiger partial charge in [0.2, 0.25) is 0 Å². The molecule has 0 saturated heterocycles. The number of alkyl halides is 3. The fourth-order valence-electron chi connectivity index (χ4n) is 3.06. The van der Waals surface area contributed by atoms with Gasteiger partial charge in [-0.1, -0.05) is 15.9 Å². The van der Waals surface area contributed by atoms with Crippen LogP contribution in [-0.2, 0) is 27.1 Å². The number of amides is 3. The van der Waals surface area contributed by atoms with E-state index < -0.39 is 41.8 Å². The first-order valence-corrected chi connectivity index (χ1v) is 12.1. The molecule has 0 spiro atoms. The molecule has 10 nitrogen and oxygen atoms in total. The van der Waals surface area contributed by atoms with E-state index in [1.54, 1.807) is 19.1 Å². The van der Waals surface area contributed by atoms with Gasteiger partial charge in [-0.3, -0.25) is 14.4 Å². The Kier molecular flexibility index (Phi) is 10.1. The van der Waals surface area contributed by atoms with Crippen LogP contribution in [0, 0.1) is 0 Å². The summed E-state index contributed by atoms with van der Waals surface area (Å²) in [6.07, 6.45) is -1.98. The molecule has 3 amide bonds. The van der Waals surface area contributed by atoms with Crippen LogP contribution in [0.2, 0.25) is 0 Å². The van der Waals surface area contributed by atoms with Gasteiger partial charge in [-0.2, -0.15) is 18.3 Å². The summed E-state index contributed by atoms with van der Waals surface area (Å²) in [4.78, 5) is 36.0. The molecular weight excluding hydrogens is 589 g/mol. The highest BCUT2D eigenvalue weighted by atomic mass is 79.9. The highest BCUT2D eigenvalue weighted by molar-refractivity contribution is 9.10. The van der Waals surface area contributed by atoms with Gasteiger partial charge < -0.3 is 24.5 Å². The van der Waals surface area contributed by atoms with E-state index in [2.05, 4.69) is 37.1 Å². The Bertz CT molecular complexity index is 1350. The maximum Gasteiger partial charge on any atom is 0.418 e. The Balaban J connectivity index is 1.57. The highest BCUT2D eigenvalue weighted by Gasteiger charge is 2.34. The number of carbonyl (C=O) groups excluding carboxylic acids is 3. The van der Waals surface area contributed by atoms with Crippen molar-refractivity contribution in [2.24, 2.45) is 5.10 Å². The predicted molar refractivity (Wildman–Crippen MR) is 137 cm³/mol. The number of anilines is 1. The number of nitrogens with one attached hydrogen (secondary N) is 3. The van der Waals surface area contributed by atoms with Crippen LogP contribution in [0.25, 0.3) is 0 Å². The smallest absolute Gasteiger partial charge is 0.418 e. The van der Waals surface area contributed by atoms with Crippen LogP contribution >= 0.6 is 15.9 Å². The average Bonchev–Trinajstić information content (AvgIpc) is 3.41. The Hall–Kier alpha value is -4.33. The van der Waals surface area contributed by atoms with Crippen LogP contribution in [0.3, 0.4) is 0 Å². The van der Waals surface area contributed by atoms with E-state index in [1.165, 1.54) is 36.7 Å². The standard InChI is InChI=1S/C25H22BrF3N4O6/c1-2-37-21-10-15(12-31-33-24(36)23(35)30-13-17-4-3-9-38-17)5-8-20(21)39-14-22(34)32-19-7-6-16(26)11-18(19)25(27,28)29/h3-12H,2,13-14H2,1H3,(H,30,35)(H,32,34)(H,33,36)/b31-12-. The fourth-order valence-corrected chi connectivity index (χ4v) is 3.42. The second kappa shape index (κ2) is 13.5. The zero-order valence-electron chi connectivity index (χ0n) is 20.3. The molecule has 1 heterocycles. The third-order valence-electron chi connectivity index (χ3n) is 4.78. The summed E-state index contributed by atoms with van der Waals surface area (Å²) in [5.74, 6) is -1.88. The Morgan fingerprint density at radius 3 is 2.54 bits per heavy atom. The number of carbonyl (C=O) groups is 3. The number of hydrogen-bond donors (Lipinski definition) is 3. The van der Waals surface area contributed by atoms with E-state index in [-0.39, 0.29) is 29.1 Å². The van der Waals surface area contributed by atoms with E-state index in [0.717, 1.165) is 12.1 Å². The summed E-state index contributed by atoms with van der Waals surface area (Å²) in [7, 11) is 0. The maximum absolute atomic E-state index is 13.3. The molecule has 0 unspecified atom stereocenters. The van der Waals surface area contributed by atoms with Crippen molar-refractivity contribution in [3.8, 4) is 11.5 Å². The second-order valence-corrected chi connectivity index (χ2v) is 8.54. The molecule has 0 fully saturated rings. The lowest BCUT2D eigenvalue weighted by Gasteiger charge is -2.15. The number of hydrogen-bond acceptors (Lipinski definition) is 7. The van der Waals surface area contributed by atoms with E-state index in [4.69, 9.17) is 13.9 Å². The van der Waals surface area contributed by atoms with Gasteiger partial charge in [0.25, 0.3) is 5.91 Å². The molecule has 3 N–H and O–H groups in total. The minimum absolute atomic E-state index is 0.0345. The summed E-state index contributed by atoms with van der Waals surface area (Å²) in [5.41, 5.74) is 1.13. The van der Waals surface area contributed by atoms with Crippen molar-refractivity contribution in [1.82, 2.24) is 10.7 Å². The van der Waals surface area contributed by atoms with Crippen molar-refractivity contribution in [2.75, 3.05) is 18.5 Å². The van der Waals surface area contributed by atoms with Gasteiger partial charge in [-0.15, -0.1) is 0 Å². The van der Waals surface area contributed by atoms with Gasteiger partial charge in [-0.05, 0) is 61.0 Å². The molecular formula is C25H22BrF3N4O6. The minimum Gasteiger partial charge on any atom is -0.490 e. The molecule has 206 valence electrons. The number of furan rings is 1. The normalized spacial score (nSPS) is 11.2. The van der Waals surface area contributed by atoms with Gasteiger partial charge in [0.15, 0.2) is 18.1 Å². The number of halogens is 4. The van der Waals surface area contributed by atoms with E-state index in [9.17, 15) is 27.6 Å². The largest absolute Gasteiger partial charge is 0.490 e. The van der Waals surface area contributed by atoms with Gasteiger partial charge in [0.05, 0.1) is 36.9 Å². The fraction of sp³-hybridized carbons (Fsp3) is 0.200. The van der Waals surface area contributed by atoms with Gasteiger partial charge in [0, 0.05) is 4.47 Å². The van der Waals surface area contributed by atoms with Crippen LogP contribution in [0.1, 0.15) is 23.8 Å². The topological polar surface area (TPSA) is 131 Å². The lowest BCUT2D eigenvalue weighted by molar-refractivity contribution is -0.139. The first-order chi connectivity index (χ1) is 18.6. The SMILES string of the molecule is CCOc1cc(/C=N\NC(=O)C(=O)NCc2ccco2)ccc1OCC(=O)Nc1ccc(Br)cc1C(F)(F)F. The third kappa shape index (κ3) is 8.88. The summed E-state index contributed by atoms with van der Waals surface area (Å²) >= 11 is 2.98. The summed E-state index contributed by atoms with van der Waals surface area (Å²) in [6, 6.07) is 11.1. The number of nitrogens with zero attached hydrogens (tertiary/aromatic N) is 1. The number of benzene rings is 2. The quantitative estimate of drug-likeness (QED) is 0.179.